The van der Waals surface area contributed by atoms with Gasteiger partial charge < -0.3 is 15.2 Å². The van der Waals surface area contributed by atoms with Crippen molar-refractivity contribution in [1.82, 2.24) is 15.1 Å². The van der Waals surface area contributed by atoms with E-state index < -0.39 is 17.9 Å². The molecule has 1 amide bonds. The summed E-state index contributed by atoms with van der Waals surface area (Å²) in [6, 6.07) is 17.8. The zero-order valence-electron chi connectivity index (χ0n) is 19.8. The first-order chi connectivity index (χ1) is 17.7. The fourth-order valence-corrected chi connectivity index (χ4v) is 4.52. The van der Waals surface area contributed by atoms with Gasteiger partial charge in [-0.15, -0.1) is 0 Å². The number of carbonyl (C=O) groups excluding carboxylic acids is 1. The number of nitrogens with one attached hydrogen (secondary N) is 1. The quantitative estimate of drug-likeness (QED) is 0.267. The average molecular weight is 559 g/mol. The van der Waals surface area contributed by atoms with Gasteiger partial charge in [-0.2, -0.15) is 5.10 Å². The molecule has 10 heteroatoms. The van der Waals surface area contributed by atoms with Crippen LogP contribution < -0.4 is 10.1 Å². The molecule has 190 valence electrons. The van der Waals surface area contributed by atoms with Crippen LogP contribution in [0, 0.1) is 6.92 Å². The predicted octanol–water partition coefficient (Wildman–Crippen LogP) is 6.24. The van der Waals surface area contributed by atoms with Crippen molar-refractivity contribution in [2.24, 2.45) is 0 Å². The molecule has 0 aliphatic heterocycles. The fraction of sp³-hybridized carbons (Fsp3) is 0.148. The highest BCUT2D eigenvalue weighted by atomic mass is 35.5. The molecule has 0 spiro atoms. The highest BCUT2D eigenvalue weighted by Gasteiger charge is 2.27. The summed E-state index contributed by atoms with van der Waals surface area (Å²) in [6.45, 7) is 1.74. The maximum atomic E-state index is 13.3. The normalized spacial score (nSPS) is 11.7. The van der Waals surface area contributed by atoms with Crippen LogP contribution in [0.5, 0.6) is 5.75 Å². The van der Waals surface area contributed by atoms with Crippen LogP contribution in [-0.2, 0) is 11.2 Å². The molecule has 0 bridgehead atoms. The number of aliphatic carboxylic acids is 1. The van der Waals surface area contributed by atoms with Crippen molar-refractivity contribution < 1.29 is 19.4 Å². The summed E-state index contributed by atoms with van der Waals surface area (Å²) in [5.41, 5.74) is 3.19. The number of halogens is 3. The van der Waals surface area contributed by atoms with Gasteiger partial charge in [0.05, 0.1) is 23.5 Å². The summed E-state index contributed by atoms with van der Waals surface area (Å²) in [5.74, 6) is -1.14. The van der Waals surface area contributed by atoms with Crippen molar-refractivity contribution >= 4 is 46.7 Å². The molecular formula is C27H22Cl3N3O4. The number of rotatable bonds is 8. The molecule has 0 aliphatic rings. The number of benzene rings is 3. The molecule has 0 saturated heterocycles. The van der Waals surface area contributed by atoms with E-state index in [1.165, 1.54) is 0 Å². The minimum atomic E-state index is -1.18. The third kappa shape index (κ3) is 5.91. The molecular weight excluding hydrogens is 537 g/mol. The molecule has 0 fully saturated rings. The highest BCUT2D eigenvalue weighted by Crippen LogP contribution is 2.33. The molecule has 0 radical (unpaired) electrons. The summed E-state index contributed by atoms with van der Waals surface area (Å²) in [4.78, 5) is 25.3. The van der Waals surface area contributed by atoms with Gasteiger partial charge in [0.1, 0.15) is 11.8 Å². The first-order valence-electron chi connectivity index (χ1n) is 11.2. The largest absolute Gasteiger partial charge is 0.497 e. The van der Waals surface area contributed by atoms with Gasteiger partial charge in [0, 0.05) is 27.6 Å². The summed E-state index contributed by atoms with van der Waals surface area (Å²) >= 11 is 18.6. The smallest absolute Gasteiger partial charge is 0.326 e. The third-order valence-electron chi connectivity index (χ3n) is 5.80. The second-order valence-corrected chi connectivity index (χ2v) is 9.53. The Hall–Kier alpha value is -3.52. The van der Waals surface area contributed by atoms with E-state index in [4.69, 9.17) is 39.5 Å². The van der Waals surface area contributed by atoms with Gasteiger partial charge in [0.2, 0.25) is 0 Å². The van der Waals surface area contributed by atoms with Crippen molar-refractivity contribution in [2.75, 3.05) is 7.11 Å². The molecule has 0 unspecified atom stereocenters. The molecule has 4 rings (SSSR count). The molecule has 1 atom stereocenters. The summed E-state index contributed by atoms with van der Waals surface area (Å²) in [5, 5.41) is 18.3. The first-order valence-corrected chi connectivity index (χ1v) is 12.3. The Morgan fingerprint density at radius 3 is 2.24 bits per heavy atom. The van der Waals surface area contributed by atoms with E-state index in [1.54, 1.807) is 85.4 Å². The number of ether oxygens (including phenoxy) is 1. The van der Waals surface area contributed by atoms with Crippen LogP contribution in [0.3, 0.4) is 0 Å². The van der Waals surface area contributed by atoms with Crippen LogP contribution in [0.4, 0.5) is 0 Å². The molecule has 1 aromatic heterocycles. The third-order valence-corrected chi connectivity index (χ3v) is 6.58. The molecule has 3 aromatic carbocycles. The zero-order valence-corrected chi connectivity index (χ0v) is 22.1. The number of methoxy groups -OCH3 is 1. The van der Waals surface area contributed by atoms with Crippen LogP contribution in [-0.4, -0.2) is 39.9 Å². The maximum absolute atomic E-state index is 13.3. The summed E-state index contributed by atoms with van der Waals surface area (Å²) in [6.07, 6.45) is 0.0812. The zero-order chi connectivity index (χ0) is 26.7. The van der Waals surface area contributed by atoms with E-state index in [2.05, 4.69) is 10.4 Å². The van der Waals surface area contributed by atoms with E-state index in [-0.39, 0.29) is 12.1 Å². The van der Waals surface area contributed by atoms with Crippen LogP contribution >= 0.6 is 34.8 Å². The number of aromatic nitrogens is 2. The molecule has 0 saturated carbocycles. The molecule has 1 heterocycles. The van der Waals surface area contributed by atoms with E-state index in [0.29, 0.717) is 37.8 Å². The standard InChI is InChI=1S/C27H22Cl3N3O4/c1-15-24(26(34)31-22(27(35)36)13-16-3-10-20(37-2)11-4-16)32-33(23-12-9-19(29)14-21(23)30)25(15)17-5-7-18(28)8-6-17/h3-12,14,22H,13H2,1-2H3,(H,31,34)(H,35,36)/t22-/m0/s1. The maximum Gasteiger partial charge on any atom is 0.326 e. The lowest BCUT2D eigenvalue weighted by molar-refractivity contribution is -0.139. The van der Waals surface area contributed by atoms with Crippen LogP contribution in [0.2, 0.25) is 15.1 Å². The molecule has 0 aliphatic carbocycles. The van der Waals surface area contributed by atoms with Gasteiger partial charge in [0.15, 0.2) is 5.69 Å². The van der Waals surface area contributed by atoms with Gasteiger partial charge in [-0.1, -0.05) is 59.1 Å². The van der Waals surface area contributed by atoms with Crippen molar-refractivity contribution in [1.29, 1.82) is 0 Å². The van der Waals surface area contributed by atoms with Gasteiger partial charge in [-0.25, -0.2) is 9.48 Å². The first kappa shape index (κ1) is 26.5. The Bertz CT molecular complexity index is 1450. The Kier molecular flexibility index (Phi) is 8.07. The molecule has 2 N–H and O–H groups in total. The van der Waals surface area contributed by atoms with E-state index in [0.717, 1.165) is 11.1 Å². The molecule has 37 heavy (non-hydrogen) atoms. The number of carbonyl (C=O) groups is 2. The Balaban J connectivity index is 1.72. The van der Waals surface area contributed by atoms with Gasteiger partial charge in [-0.05, 0) is 55.0 Å². The van der Waals surface area contributed by atoms with Gasteiger partial charge >= 0.3 is 5.97 Å². The van der Waals surface area contributed by atoms with E-state index >= 15 is 0 Å². The second kappa shape index (κ2) is 11.3. The molecule has 7 nitrogen and oxygen atoms in total. The number of carboxylic acid groups (broad SMARTS) is 1. The van der Waals surface area contributed by atoms with Crippen LogP contribution in [0.1, 0.15) is 21.6 Å². The number of carboxylic acids is 1. The van der Waals surface area contributed by atoms with Crippen molar-refractivity contribution in [3.05, 3.63) is 98.6 Å². The minimum absolute atomic E-state index is 0.0666. The summed E-state index contributed by atoms with van der Waals surface area (Å²) in [7, 11) is 1.55. The monoisotopic (exact) mass is 557 g/mol. The Morgan fingerprint density at radius 2 is 1.65 bits per heavy atom. The van der Waals surface area contributed by atoms with Crippen molar-refractivity contribution in [3.63, 3.8) is 0 Å². The Labute approximate surface area is 228 Å². The predicted molar refractivity (Wildman–Crippen MR) is 144 cm³/mol. The number of amides is 1. The van der Waals surface area contributed by atoms with E-state index in [1.807, 2.05) is 0 Å². The van der Waals surface area contributed by atoms with Crippen molar-refractivity contribution in [3.8, 4) is 22.7 Å². The van der Waals surface area contributed by atoms with E-state index in [9.17, 15) is 14.7 Å². The lowest BCUT2D eigenvalue weighted by Gasteiger charge is -2.14. The topological polar surface area (TPSA) is 93.5 Å². The van der Waals surface area contributed by atoms with Crippen LogP contribution in [0.15, 0.2) is 66.7 Å². The number of hydrogen-bond acceptors (Lipinski definition) is 4. The highest BCUT2D eigenvalue weighted by molar-refractivity contribution is 6.35. The summed E-state index contributed by atoms with van der Waals surface area (Å²) < 4.78 is 6.69. The van der Waals surface area contributed by atoms with Gasteiger partial charge in [-0.3, -0.25) is 4.79 Å². The fourth-order valence-electron chi connectivity index (χ4n) is 3.91. The Morgan fingerprint density at radius 1 is 1.00 bits per heavy atom. The average Bonchev–Trinajstić information content (AvgIpc) is 3.21. The van der Waals surface area contributed by atoms with Crippen molar-refractivity contribution in [2.45, 2.75) is 19.4 Å². The molecule has 4 aromatic rings. The lowest BCUT2D eigenvalue weighted by atomic mass is 10.0. The minimum Gasteiger partial charge on any atom is -0.497 e. The van der Waals surface area contributed by atoms with Gasteiger partial charge in [0.25, 0.3) is 5.91 Å². The SMILES string of the molecule is COc1ccc(C[C@H](NC(=O)c2nn(-c3ccc(Cl)cc3Cl)c(-c3ccc(Cl)cc3)c2C)C(=O)O)cc1. The second-order valence-electron chi connectivity index (χ2n) is 8.25. The van der Waals surface area contributed by atoms with Crippen LogP contribution in [0.25, 0.3) is 16.9 Å². The lowest BCUT2D eigenvalue weighted by Crippen LogP contribution is -2.42. The number of nitrogens with zero attached hydrogens (tertiary/aromatic N) is 2. The number of hydrogen-bond donors (Lipinski definition) is 2.